The van der Waals surface area contributed by atoms with E-state index in [1.165, 1.54) is 11.8 Å². The molecule has 0 saturated carbocycles. The van der Waals surface area contributed by atoms with Gasteiger partial charge in [-0.15, -0.1) is 0 Å². The first-order chi connectivity index (χ1) is 8.19. The van der Waals surface area contributed by atoms with Crippen LogP contribution in [0.15, 0.2) is 35.3 Å². The van der Waals surface area contributed by atoms with E-state index in [2.05, 4.69) is 10.3 Å². The monoisotopic (exact) mass is 247 g/mol. The van der Waals surface area contributed by atoms with Gasteiger partial charge in [-0.05, 0) is 13.2 Å². The number of carbonyl (C=O) groups is 1. The Bertz CT molecular complexity index is 451. The molecule has 1 atom stereocenters. The lowest BCUT2D eigenvalue weighted by molar-refractivity contribution is 0.0969. The average Bonchev–Trinajstić information content (AvgIpc) is 2.38. The molecule has 0 amide bonds. The number of benzene rings is 1. The maximum absolute atomic E-state index is 12.0. The van der Waals surface area contributed by atoms with Crippen LogP contribution in [0.2, 0.25) is 0 Å². The van der Waals surface area contributed by atoms with Crippen molar-refractivity contribution in [3.63, 3.8) is 0 Å². The minimum Gasteiger partial charge on any atom is -0.292 e. The lowest BCUT2D eigenvalue weighted by Gasteiger charge is -2.07. The number of nitrogens with one attached hydrogen (secondary N) is 1. The van der Waals surface area contributed by atoms with Crippen LogP contribution in [0.25, 0.3) is 0 Å². The van der Waals surface area contributed by atoms with Crippen molar-refractivity contribution in [3.05, 3.63) is 35.9 Å². The fourth-order valence-corrected chi connectivity index (χ4v) is 1.67. The molecule has 17 heavy (non-hydrogen) atoms. The van der Waals surface area contributed by atoms with Gasteiger partial charge >= 0.3 is 0 Å². The molecule has 4 nitrogen and oxygen atoms in total. The van der Waals surface area contributed by atoms with Crippen LogP contribution in [0.4, 0.5) is 0 Å². The van der Waals surface area contributed by atoms with E-state index >= 15 is 0 Å². The number of thioether (sulfide) groups is 1. The van der Waals surface area contributed by atoms with Gasteiger partial charge < -0.3 is 0 Å². The largest absolute Gasteiger partial charge is 0.292 e. The summed E-state index contributed by atoms with van der Waals surface area (Å²) in [6.45, 7) is 1.71. The molecule has 1 rings (SSSR count). The van der Waals surface area contributed by atoms with Crippen molar-refractivity contribution < 1.29 is 4.79 Å². The van der Waals surface area contributed by atoms with Crippen molar-refractivity contribution in [1.82, 2.24) is 5.32 Å². The maximum Gasteiger partial charge on any atom is 0.187 e. The molecule has 1 aromatic carbocycles. The summed E-state index contributed by atoms with van der Waals surface area (Å²) in [5.41, 5.74) is 0.626. The topological polar surface area (TPSA) is 65.2 Å². The Morgan fingerprint density at radius 3 is 2.65 bits per heavy atom. The van der Waals surface area contributed by atoms with Crippen LogP contribution in [0.3, 0.4) is 0 Å². The molecule has 0 saturated heterocycles. The van der Waals surface area contributed by atoms with Gasteiger partial charge in [0.05, 0.1) is 0 Å². The van der Waals surface area contributed by atoms with Gasteiger partial charge in [-0.1, -0.05) is 42.1 Å². The fourth-order valence-electron chi connectivity index (χ4n) is 1.26. The molecule has 0 spiro atoms. The number of Topliss-reactive ketones (excluding diaryl/α,β-unsaturated/α-hetero) is 1. The van der Waals surface area contributed by atoms with Crippen LogP contribution in [0, 0.1) is 11.5 Å². The highest BCUT2D eigenvalue weighted by atomic mass is 32.2. The third-order valence-corrected chi connectivity index (χ3v) is 2.70. The number of amidine groups is 1. The minimum atomic E-state index is -0.499. The SMILES string of the molecule is CSC(=NC(C)C(=O)c1ccccc1)NC#N. The van der Waals surface area contributed by atoms with Crippen LogP contribution in [0.1, 0.15) is 17.3 Å². The summed E-state index contributed by atoms with van der Waals surface area (Å²) in [5, 5.41) is 11.4. The Kier molecular flexibility index (Phi) is 5.24. The fraction of sp³-hybridized carbons (Fsp3) is 0.250. The van der Waals surface area contributed by atoms with Gasteiger partial charge in [-0.25, -0.2) is 0 Å². The minimum absolute atomic E-state index is 0.0584. The Hall–Kier alpha value is -1.80. The first-order valence-electron chi connectivity index (χ1n) is 5.05. The van der Waals surface area contributed by atoms with E-state index < -0.39 is 6.04 Å². The molecule has 0 bridgehead atoms. The van der Waals surface area contributed by atoms with Crippen LogP contribution in [0.5, 0.6) is 0 Å². The predicted molar refractivity (Wildman–Crippen MR) is 69.9 cm³/mol. The van der Waals surface area contributed by atoms with Crippen LogP contribution < -0.4 is 5.32 Å². The van der Waals surface area contributed by atoms with Gasteiger partial charge in [0.1, 0.15) is 6.04 Å². The Balaban J connectivity index is 2.81. The molecular weight excluding hydrogens is 234 g/mol. The van der Waals surface area contributed by atoms with E-state index in [0.717, 1.165) is 0 Å². The first-order valence-corrected chi connectivity index (χ1v) is 6.27. The number of hydrogen-bond acceptors (Lipinski definition) is 4. The van der Waals surface area contributed by atoms with E-state index in [9.17, 15) is 4.79 Å². The molecule has 0 aliphatic carbocycles. The Morgan fingerprint density at radius 2 is 2.12 bits per heavy atom. The Morgan fingerprint density at radius 1 is 1.47 bits per heavy atom. The number of aliphatic imine (C=N–C) groups is 1. The smallest absolute Gasteiger partial charge is 0.187 e. The van der Waals surface area contributed by atoms with E-state index in [1.807, 2.05) is 18.2 Å². The Labute approximate surface area is 105 Å². The molecule has 0 aliphatic heterocycles. The van der Waals surface area contributed by atoms with Crippen molar-refractivity contribution in [3.8, 4) is 6.19 Å². The van der Waals surface area contributed by atoms with E-state index in [-0.39, 0.29) is 5.78 Å². The molecule has 88 valence electrons. The predicted octanol–water partition coefficient (Wildman–Crippen LogP) is 2.05. The van der Waals surface area contributed by atoms with Gasteiger partial charge in [0.25, 0.3) is 0 Å². The summed E-state index contributed by atoms with van der Waals surface area (Å²) in [6.07, 6.45) is 3.58. The zero-order valence-corrected chi connectivity index (χ0v) is 10.5. The zero-order chi connectivity index (χ0) is 12.7. The maximum atomic E-state index is 12.0. The van der Waals surface area contributed by atoms with Gasteiger partial charge in [-0.3, -0.25) is 15.1 Å². The number of ketones is 1. The summed E-state index contributed by atoms with van der Waals surface area (Å²) in [6, 6.07) is 8.49. The van der Waals surface area contributed by atoms with E-state index in [4.69, 9.17) is 5.26 Å². The molecule has 0 fully saturated rings. The average molecular weight is 247 g/mol. The number of nitrogens with zero attached hydrogens (tertiary/aromatic N) is 2. The van der Waals surface area contributed by atoms with Crippen molar-refractivity contribution in [2.24, 2.45) is 4.99 Å². The molecule has 0 radical (unpaired) electrons. The molecule has 5 heteroatoms. The second-order valence-electron chi connectivity index (χ2n) is 3.28. The number of carbonyl (C=O) groups excluding carboxylic acids is 1. The van der Waals surface area contributed by atoms with Crippen molar-refractivity contribution >= 4 is 22.7 Å². The third kappa shape index (κ3) is 3.93. The first kappa shape index (κ1) is 13.3. The molecule has 1 aromatic rings. The quantitative estimate of drug-likeness (QED) is 0.292. The number of nitriles is 1. The van der Waals surface area contributed by atoms with Gasteiger partial charge in [0.15, 0.2) is 17.1 Å². The molecule has 1 unspecified atom stereocenters. The lowest BCUT2D eigenvalue weighted by Crippen LogP contribution is -2.21. The highest BCUT2D eigenvalue weighted by molar-refractivity contribution is 8.13. The molecule has 0 aliphatic rings. The normalized spacial score (nSPS) is 12.6. The van der Waals surface area contributed by atoms with Crippen molar-refractivity contribution in [1.29, 1.82) is 5.26 Å². The van der Waals surface area contributed by atoms with E-state index in [1.54, 1.807) is 31.5 Å². The number of hydrogen-bond donors (Lipinski definition) is 1. The highest BCUT2D eigenvalue weighted by Crippen LogP contribution is 2.07. The van der Waals surface area contributed by atoms with Gasteiger partial charge in [0, 0.05) is 5.56 Å². The number of rotatable bonds is 3. The molecule has 0 heterocycles. The highest BCUT2D eigenvalue weighted by Gasteiger charge is 2.14. The van der Waals surface area contributed by atoms with Crippen LogP contribution >= 0.6 is 11.8 Å². The van der Waals surface area contributed by atoms with Crippen molar-refractivity contribution in [2.45, 2.75) is 13.0 Å². The van der Waals surface area contributed by atoms with Gasteiger partial charge in [0.2, 0.25) is 0 Å². The summed E-state index contributed by atoms with van der Waals surface area (Å²) in [7, 11) is 0. The van der Waals surface area contributed by atoms with Crippen molar-refractivity contribution in [2.75, 3.05) is 6.26 Å². The zero-order valence-electron chi connectivity index (χ0n) is 9.68. The second-order valence-corrected chi connectivity index (χ2v) is 4.08. The summed E-state index contributed by atoms with van der Waals surface area (Å²) in [5.74, 6) is -0.0584. The second kappa shape index (κ2) is 6.71. The standard InChI is InChI=1S/C12H13N3OS/c1-9(15-12(17-2)14-8-13)11(16)10-6-4-3-5-7-10/h3-7,9H,1-2H3,(H,14,15). The summed E-state index contributed by atoms with van der Waals surface area (Å²) in [4.78, 5) is 16.1. The van der Waals surface area contributed by atoms with Crippen LogP contribution in [-0.2, 0) is 0 Å². The van der Waals surface area contributed by atoms with Gasteiger partial charge in [-0.2, -0.15) is 5.26 Å². The summed E-state index contributed by atoms with van der Waals surface area (Å²) < 4.78 is 0. The third-order valence-electron chi connectivity index (χ3n) is 2.10. The van der Waals surface area contributed by atoms with Crippen LogP contribution in [-0.4, -0.2) is 23.2 Å². The molecule has 1 N–H and O–H groups in total. The molecule has 0 aromatic heterocycles. The van der Waals surface area contributed by atoms with E-state index in [0.29, 0.717) is 10.7 Å². The molecular formula is C12H13N3OS. The summed E-state index contributed by atoms with van der Waals surface area (Å²) >= 11 is 1.30. The lowest BCUT2D eigenvalue weighted by atomic mass is 10.1.